The second-order valence-corrected chi connectivity index (χ2v) is 12.0. The summed E-state index contributed by atoms with van der Waals surface area (Å²) in [6.45, 7) is 2.90. The molecule has 9 heteroatoms. The Labute approximate surface area is 243 Å². The van der Waals surface area contributed by atoms with Crippen LogP contribution in [0, 0.1) is 11.3 Å². The van der Waals surface area contributed by atoms with Crippen LogP contribution in [0.1, 0.15) is 40.4 Å². The van der Waals surface area contributed by atoms with Crippen LogP contribution in [-0.2, 0) is 36.0 Å². The minimum absolute atomic E-state index is 0.128. The molecule has 0 atom stereocenters. The number of nitrogens with zero attached hydrogens (tertiary/aromatic N) is 3. The molecule has 0 saturated heterocycles. The maximum atomic E-state index is 12.6. The summed E-state index contributed by atoms with van der Waals surface area (Å²) in [5.41, 5.74) is 7.06. The van der Waals surface area contributed by atoms with Crippen molar-refractivity contribution in [2.75, 3.05) is 0 Å². The predicted molar refractivity (Wildman–Crippen MR) is 160 cm³/mol. The molecule has 2 heterocycles. The zero-order chi connectivity index (χ0) is 28.1. The van der Waals surface area contributed by atoms with Crippen LogP contribution in [0.3, 0.4) is 0 Å². The number of sulfonamides is 1. The standard InChI is InChI=1S/C31H28BrN5O2S/c1-2-25-5-3-4-6-28(25)26-13-16-30-29(32)21-35-37(30)31(17-26)34-19-23-7-9-24(10-8-23)20-36-40(38,39)27-14-11-22(18-33)12-15-27/h3-15,17,21,34,36H,2,16,19-20H2,1H3. The molecule has 40 heavy (non-hydrogen) atoms. The molecule has 2 N–H and O–H groups in total. The lowest BCUT2D eigenvalue weighted by Crippen LogP contribution is -2.23. The van der Waals surface area contributed by atoms with E-state index in [0.717, 1.165) is 45.5 Å². The van der Waals surface area contributed by atoms with Crippen molar-refractivity contribution in [3.8, 4) is 6.07 Å². The van der Waals surface area contributed by atoms with Gasteiger partial charge in [0.05, 0.1) is 32.9 Å². The third kappa shape index (κ3) is 6.10. The van der Waals surface area contributed by atoms with Gasteiger partial charge in [-0.1, -0.05) is 61.5 Å². The first kappa shape index (κ1) is 27.6. The van der Waals surface area contributed by atoms with E-state index >= 15 is 0 Å². The molecule has 0 bridgehead atoms. The Morgan fingerprint density at radius 3 is 2.40 bits per heavy atom. The van der Waals surface area contributed by atoms with Crippen molar-refractivity contribution in [3.63, 3.8) is 0 Å². The Balaban J connectivity index is 1.29. The number of aromatic nitrogens is 2. The maximum absolute atomic E-state index is 12.6. The highest BCUT2D eigenvalue weighted by Crippen LogP contribution is 2.29. The summed E-state index contributed by atoms with van der Waals surface area (Å²) in [5.74, 6) is 0.884. The van der Waals surface area contributed by atoms with Crippen molar-refractivity contribution in [1.82, 2.24) is 19.8 Å². The molecule has 0 fully saturated rings. The molecule has 0 saturated carbocycles. The van der Waals surface area contributed by atoms with E-state index in [0.29, 0.717) is 12.1 Å². The zero-order valence-corrected chi connectivity index (χ0v) is 24.3. The van der Waals surface area contributed by atoms with Gasteiger partial charge in [0.2, 0.25) is 10.0 Å². The molecule has 3 aromatic carbocycles. The lowest BCUT2D eigenvalue weighted by molar-refractivity contribution is 0.581. The molecule has 0 radical (unpaired) electrons. The van der Waals surface area contributed by atoms with Crippen molar-refractivity contribution >= 4 is 37.3 Å². The van der Waals surface area contributed by atoms with Gasteiger partial charge in [0.1, 0.15) is 5.82 Å². The van der Waals surface area contributed by atoms with Gasteiger partial charge in [0, 0.05) is 19.5 Å². The number of fused-ring (bicyclic) bond motifs is 1. The van der Waals surface area contributed by atoms with Gasteiger partial charge >= 0.3 is 0 Å². The number of allylic oxidation sites excluding steroid dienone is 3. The quantitative estimate of drug-likeness (QED) is 0.249. The Hall–Kier alpha value is -3.97. The van der Waals surface area contributed by atoms with Gasteiger partial charge in [-0.2, -0.15) is 10.4 Å². The van der Waals surface area contributed by atoms with E-state index in [-0.39, 0.29) is 11.4 Å². The third-order valence-electron chi connectivity index (χ3n) is 6.82. The number of nitrogens with one attached hydrogen (secondary N) is 2. The number of rotatable bonds is 9. The first-order valence-electron chi connectivity index (χ1n) is 12.9. The van der Waals surface area contributed by atoms with Crippen LogP contribution in [0.5, 0.6) is 0 Å². The van der Waals surface area contributed by atoms with Crippen molar-refractivity contribution < 1.29 is 8.42 Å². The second kappa shape index (κ2) is 12.0. The first-order valence-corrected chi connectivity index (χ1v) is 15.2. The Morgan fingerprint density at radius 1 is 1.00 bits per heavy atom. The summed E-state index contributed by atoms with van der Waals surface area (Å²) in [7, 11) is -3.68. The smallest absolute Gasteiger partial charge is 0.240 e. The normalized spacial score (nSPS) is 13.0. The maximum Gasteiger partial charge on any atom is 0.240 e. The molecular weight excluding hydrogens is 586 g/mol. The second-order valence-electron chi connectivity index (χ2n) is 9.39. The van der Waals surface area contributed by atoms with Gasteiger partial charge in [-0.25, -0.2) is 17.8 Å². The molecule has 0 unspecified atom stereocenters. The molecule has 1 aliphatic heterocycles. The van der Waals surface area contributed by atoms with E-state index in [1.165, 1.54) is 35.4 Å². The minimum Gasteiger partial charge on any atom is -0.366 e. The average Bonchev–Trinajstić information content (AvgIpc) is 3.25. The topological polar surface area (TPSA) is 99.8 Å². The fourth-order valence-electron chi connectivity index (χ4n) is 4.58. The summed E-state index contributed by atoms with van der Waals surface area (Å²) < 4.78 is 30.8. The predicted octanol–water partition coefficient (Wildman–Crippen LogP) is 5.79. The molecule has 1 aromatic heterocycles. The summed E-state index contributed by atoms with van der Waals surface area (Å²) in [6, 6.07) is 24.1. The highest BCUT2D eigenvalue weighted by molar-refractivity contribution is 9.10. The van der Waals surface area contributed by atoms with E-state index in [1.807, 2.05) is 41.2 Å². The Bertz CT molecular complexity index is 1730. The van der Waals surface area contributed by atoms with Crippen molar-refractivity contribution in [2.24, 2.45) is 0 Å². The average molecular weight is 615 g/mol. The van der Waals surface area contributed by atoms with Crippen LogP contribution in [0.15, 0.2) is 101 Å². The molecule has 202 valence electrons. The fraction of sp³-hybridized carbons (Fsp3) is 0.161. The van der Waals surface area contributed by atoms with Gasteiger partial charge in [-0.05, 0) is 80.5 Å². The molecule has 4 aromatic rings. The van der Waals surface area contributed by atoms with Gasteiger partial charge in [0.25, 0.3) is 0 Å². The highest BCUT2D eigenvalue weighted by atomic mass is 79.9. The van der Waals surface area contributed by atoms with E-state index < -0.39 is 10.0 Å². The molecule has 5 rings (SSSR count). The molecule has 7 nitrogen and oxygen atoms in total. The van der Waals surface area contributed by atoms with Gasteiger partial charge in [-0.3, -0.25) is 0 Å². The van der Waals surface area contributed by atoms with E-state index in [1.54, 1.807) is 0 Å². The SMILES string of the molecule is CCc1ccccc1C1=CCc2c(Br)cnn2C(NCc2ccc(CNS(=O)(=O)c3ccc(C#N)cc3)cc2)=C1. The van der Waals surface area contributed by atoms with E-state index in [4.69, 9.17) is 5.26 Å². The minimum atomic E-state index is -3.68. The molecule has 0 spiro atoms. The number of nitriles is 1. The number of hydrogen-bond acceptors (Lipinski definition) is 5. The van der Waals surface area contributed by atoms with Gasteiger partial charge in [0.15, 0.2) is 0 Å². The monoisotopic (exact) mass is 613 g/mol. The molecule has 0 amide bonds. The Kier molecular flexibility index (Phi) is 8.31. The molecular formula is C31H28BrN5O2S. The van der Waals surface area contributed by atoms with E-state index in [9.17, 15) is 8.42 Å². The fourth-order valence-corrected chi connectivity index (χ4v) is 6.02. The van der Waals surface area contributed by atoms with Crippen LogP contribution < -0.4 is 10.0 Å². The molecule has 1 aliphatic rings. The van der Waals surface area contributed by atoms with Crippen LogP contribution in [-0.4, -0.2) is 18.2 Å². The Morgan fingerprint density at radius 2 is 1.70 bits per heavy atom. The van der Waals surface area contributed by atoms with Crippen molar-refractivity contribution in [2.45, 2.75) is 37.8 Å². The number of halogens is 1. The first-order chi connectivity index (χ1) is 19.4. The summed E-state index contributed by atoms with van der Waals surface area (Å²) in [4.78, 5) is 0.128. The lowest BCUT2D eigenvalue weighted by atomic mass is 9.97. The third-order valence-corrected chi connectivity index (χ3v) is 8.90. The van der Waals surface area contributed by atoms with E-state index in [2.05, 4.69) is 74.4 Å². The summed E-state index contributed by atoms with van der Waals surface area (Å²) >= 11 is 3.64. The zero-order valence-electron chi connectivity index (χ0n) is 21.9. The van der Waals surface area contributed by atoms with Gasteiger partial charge < -0.3 is 5.32 Å². The van der Waals surface area contributed by atoms with Crippen LogP contribution in [0.2, 0.25) is 0 Å². The largest absolute Gasteiger partial charge is 0.366 e. The number of hydrogen-bond donors (Lipinski definition) is 2. The van der Waals surface area contributed by atoms with Crippen LogP contribution in [0.4, 0.5) is 0 Å². The van der Waals surface area contributed by atoms with Crippen LogP contribution in [0.25, 0.3) is 11.4 Å². The van der Waals surface area contributed by atoms with Crippen molar-refractivity contribution in [3.05, 3.63) is 129 Å². The summed E-state index contributed by atoms with van der Waals surface area (Å²) in [5, 5.41) is 17.1. The van der Waals surface area contributed by atoms with Crippen molar-refractivity contribution in [1.29, 1.82) is 5.26 Å². The number of benzene rings is 3. The molecule has 0 aliphatic carbocycles. The lowest BCUT2D eigenvalue weighted by Gasteiger charge is -2.14. The van der Waals surface area contributed by atoms with Gasteiger partial charge in [-0.15, -0.1) is 0 Å². The number of aryl methyl sites for hydroxylation is 1. The summed E-state index contributed by atoms with van der Waals surface area (Å²) in [6.07, 6.45) is 7.92. The highest BCUT2D eigenvalue weighted by Gasteiger charge is 2.18. The van der Waals surface area contributed by atoms with Crippen LogP contribution >= 0.6 is 15.9 Å².